The number of nitrogens with two attached hydrogens (primary N) is 2. The minimum atomic E-state index is -0.560. The topological polar surface area (TPSA) is 94.9 Å². The number of aromatic nitrogens is 2. The molecule has 0 radical (unpaired) electrons. The van der Waals surface area contributed by atoms with Gasteiger partial charge in [0.05, 0.1) is 5.69 Å². The molecule has 2 rings (SSSR count). The van der Waals surface area contributed by atoms with Crippen molar-refractivity contribution in [2.45, 2.75) is 44.9 Å². The van der Waals surface area contributed by atoms with Crippen LogP contribution in [0.4, 0.5) is 5.82 Å². The molecule has 1 aliphatic rings. The molecule has 0 spiro atoms. The molecule has 1 fully saturated rings. The fourth-order valence-corrected chi connectivity index (χ4v) is 2.47. The zero-order valence-electron chi connectivity index (χ0n) is 10.1. The first-order valence-electron chi connectivity index (χ1n) is 6.03. The first-order valence-corrected chi connectivity index (χ1v) is 6.03. The summed E-state index contributed by atoms with van der Waals surface area (Å²) in [6.07, 6.45) is 5.92. The monoisotopic (exact) mass is 234 g/mol. The highest BCUT2D eigenvalue weighted by molar-refractivity contribution is 5.98. The fourth-order valence-electron chi connectivity index (χ4n) is 2.47. The van der Waals surface area contributed by atoms with E-state index in [1.807, 2.05) is 0 Å². The average molecular weight is 234 g/mol. The van der Waals surface area contributed by atoms with Gasteiger partial charge in [-0.1, -0.05) is 19.3 Å². The predicted molar refractivity (Wildman–Crippen MR) is 65.5 cm³/mol. The van der Waals surface area contributed by atoms with Gasteiger partial charge >= 0.3 is 0 Å². The number of rotatable bonds is 2. The maximum Gasteiger partial charge on any atom is 0.254 e. The van der Waals surface area contributed by atoms with Crippen LogP contribution in [-0.2, 0) is 0 Å². The van der Waals surface area contributed by atoms with Crippen molar-refractivity contribution in [2.24, 2.45) is 5.73 Å². The SMILES string of the molecule is Cc1nc(C2CCCCC2)nc(N)c1C(N)=O. The zero-order chi connectivity index (χ0) is 12.4. The Morgan fingerprint density at radius 2 is 1.88 bits per heavy atom. The molecule has 0 atom stereocenters. The van der Waals surface area contributed by atoms with Crippen molar-refractivity contribution in [1.82, 2.24) is 9.97 Å². The highest BCUT2D eigenvalue weighted by atomic mass is 16.1. The summed E-state index contributed by atoms with van der Waals surface area (Å²) in [7, 11) is 0. The van der Waals surface area contributed by atoms with Gasteiger partial charge in [-0.3, -0.25) is 4.79 Å². The van der Waals surface area contributed by atoms with Crippen LogP contribution in [0.2, 0.25) is 0 Å². The van der Waals surface area contributed by atoms with Crippen LogP contribution in [0.1, 0.15) is 59.9 Å². The van der Waals surface area contributed by atoms with Gasteiger partial charge in [-0.2, -0.15) is 0 Å². The maximum atomic E-state index is 11.2. The van der Waals surface area contributed by atoms with Crippen LogP contribution in [-0.4, -0.2) is 15.9 Å². The Labute approximate surface area is 101 Å². The summed E-state index contributed by atoms with van der Waals surface area (Å²) in [6, 6.07) is 0. The van der Waals surface area contributed by atoms with Crippen LogP contribution in [0, 0.1) is 6.92 Å². The Balaban J connectivity index is 2.34. The second kappa shape index (κ2) is 4.69. The van der Waals surface area contributed by atoms with E-state index >= 15 is 0 Å². The second-order valence-corrected chi connectivity index (χ2v) is 4.63. The van der Waals surface area contributed by atoms with Crippen LogP contribution >= 0.6 is 0 Å². The van der Waals surface area contributed by atoms with Gasteiger partial charge in [0.2, 0.25) is 0 Å². The molecule has 1 saturated carbocycles. The smallest absolute Gasteiger partial charge is 0.254 e. The molecule has 1 aromatic heterocycles. The molecule has 4 N–H and O–H groups in total. The van der Waals surface area contributed by atoms with Crippen molar-refractivity contribution in [3.8, 4) is 0 Å². The van der Waals surface area contributed by atoms with Crippen LogP contribution in [0.25, 0.3) is 0 Å². The molecule has 0 bridgehead atoms. The third-order valence-corrected chi connectivity index (χ3v) is 3.35. The van der Waals surface area contributed by atoms with Crippen molar-refractivity contribution in [3.05, 3.63) is 17.1 Å². The predicted octanol–water partition coefficient (Wildman–Crippen LogP) is 1.51. The number of carbonyl (C=O) groups is 1. The molecule has 0 saturated heterocycles. The fraction of sp³-hybridized carbons (Fsp3) is 0.583. The second-order valence-electron chi connectivity index (χ2n) is 4.63. The van der Waals surface area contributed by atoms with E-state index in [9.17, 15) is 4.79 Å². The van der Waals surface area contributed by atoms with Crippen molar-refractivity contribution >= 4 is 11.7 Å². The number of nitrogen functional groups attached to an aromatic ring is 1. The van der Waals surface area contributed by atoms with Crippen LogP contribution in [0.3, 0.4) is 0 Å². The third-order valence-electron chi connectivity index (χ3n) is 3.35. The van der Waals surface area contributed by atoms with Gasteiger partial charge in [0.25, 0.3) is 5.91 Å². The van der Waals surface area contributed by atoms with Gasteiger partial charge in [-0.05, 0) is 19.8 Å². The summed E-state index contributed by atoms with van der Waals surface area (Å²) in [5.41, 5.74) is 11.9. The van der Waals surface area contributed by atoms with E-state index in [1.165, 1.54) is 19.3 Å². The standard InChI is InChI=1S/C12H18N4O/c1-7-9(11(14)17)10(13)16-12(15-7)8-5-3-2-4-6-8/h8H,2-6H2,1H3,(H2,14,17)(H2,13,15,16). The lowest BCUT2D eigenvalue weighted by Crippen LogP contribution is -2.20. The highest BCUT2D eigenvalue weighted by Gasteiger charge is 2.21. The number of aryl methyl sites for hydroxylation is 1. The number of hydrogen-bond donors (Lipinski definition) is 2. The number of amides is 1. The van der Waals surface area contributed by atoms with Crippen molar-refractivity contribution in [1.29, 1.82) is 0 Å². The van der Waals surface area contributed by atoms with Gasteiger partial charge in [0.15, 0.2) is 0 Å². The molecule has 1 heterocycles. The quantitative estimate of drug-likeness (QED) is 0.810. The molecular formula is C12H18N4O. The number of primary amides is 1. The van der Waals surface area contributed by atoms with E-state index in [0.29, 0.717) is 11.6 Å². The molecule has 5 nitrogen and oxygen atoms in total. The van der Waals surface area contributed by atoms with Gasteiger partial charge in [0.1, 0.15) is 17.2 Å². The first kappa shape index (κ1) is 11.8. The van der Waals surface area contributed by atoms with Gasteiger partial charge in [-0.15, -0.1) is 0 Å². The Hall–Kier alpha value is -1.65. The van der Waals surface area contributed by atoms with Crippen molar-refractivity contribution < 1.29 is 4.79 Å². The lowest BCUT2D eigenvalue weighted by molar-refractivity contribution is 0.1000. The summed E-state index contributed by atoms with van der Waals surface area (Å²) >= 11 is 0. The van der Waals surface area contributed by atoms with Gasteiger partial charge in [0, 0.05) is 5.92 Å². The zero-order valence-corrected chi connectivity index (χ0v) is 10.1. The van der Waals surface area contributed by atoms with Crippen LogP contribution < -0.4 is 11.5 Å². The normalized spacial score (nSPS) is 17.0. The van der Waals surface area contributed by atoms with Crippen molar-refractivity contribution in [2.75, 3.05) is 5.73 Å². The third kappa shape index (κ3) is 2.38. The Bertz CT molecular complexity index is 415. The van der Waals surface area contributed by atoms with E-state index < -0.39 is 5.91 Å². The van der Waals surface area contributed by atoms with E-state index in [1.54, 1.807) is 6.92 Å². The number of carbonyl (C=O) groups excluding carboxylic acids is 1. The molecule has 0 unspecified atom stereocenters. The Kier molecular flexibility index (Phi) is 3.26. The highest BCUT2D eigenvalue weighted by Crippen LogP contribution is 2.31. The molecule has 1 amide bonds. The summed E-state index contributed by atoms with van der Waals surface area (Å²) in [4.78, 5) is 19.8. The van der Waals surface area contributed by atoms with E-state index in [4.69, 9.17) is 11.5 Å². The Morgan fingerprint density at radius 1 is 1.24 bits per heavy atom. The molecule has 5 heteroatoms. The minimum absolute atomic E-state index is 0.213. The minimum Gasteiger partial charge on any atom is -0.383 e. The molecular weight excluding hydrogens is 216 g/mol. The molecule has 92 valence electrons. The summed E-state index contributed by atoms with van der Waals surface area (Å²) in [5.74, 6) is 0.803. The summed E-state index contributed by atoms with van der Waals surface area (Å²) in [6.45, 7) is 1.75. The molecule has 1 aromatic rings. The number of hydrogen-bond acceptors (Lipinski definition) is 4. The number of nitrogens with zero attached hydrogens (tertiary/aromatic N) is 2. The Morgan fingerprint density at radius 3 is 2.41 bits per heavy atom. The van der Waals surface area contributed by atoms with Gasteiger partial charge in [-0.25, -0.2) is 9.97 Å². The summed E-state index contributed by atoms with van der Waals surface area (Å²) < 4.78 is 0. The molecule has 17 heavy (non-hydrogen) atoms. The van der Waals surface area contributed by atoms with Crippen molar-refractivity contribution in [3.63, 3.8) is 0 Å². The van der Waals surface area contributed by atoms with Crippen LogP contribution in [0.15, 0.2) is 0 Å². The summed E-state index contributed by atoms with van der Waals surface area (Å²) in [5, 5.41) is 0. The average Bonchev–Trinajstić information content (AvgIpc) is 2.28. The maximum absolute atomic E-state index is 11.2. The molecule has 0 aliphatic heterocycles. The van der Waals surface area contributed by atoms with E-state index in [2.05, 4.69) is 9.97 Å². The van der Waals surface area contributed by atoms with E-state index in [-0.39, 0.29) is 11.4 Å². The first-order chi connectivity index (χ1) is 8.09. The number of anilines is 1. The molecule has 1 aliphatic carbocycles. The lowest BCUT2D eigenvalue weighted by Gasteiger charge is -2.21. The molecule has 0 aromatic carbocycles. The lowest BCUT2D eigenvalue weighted by atomic mass is 9.88. The van der Waals surface area contributed by atoms with Gasteiger partial charge < -0.3 is 11.5 Å². The largest absolute Gasteiger partial charge is 0.383 e. The van der Waals surface area contributed by atoms with E-state index in [0.717, 1.165) is 18.7 Å². The van der Waals surface area contributed by atoms with Crippen LogP contribution in [0.5, 0.6) is 0 Å².